The molecular formula is C30H30Cl2F2N6O5. The zero-order chi connectivity index (χ0) is 33.1. The van der Waals surface area contributed by atoms with Crippen LogP contribution in [-0.2, 0) is 15.0 Å². The predicted octanol–water partition coefficient (Wildman–Crippen LogP) is 6.51. The second kappa shape index (κ2) is 11.3. The number of benzene rings is 2. The fraction of sp³-hybridized carbons (Fsp3) is 0.367. The second-order valence-corrected chi connectivity index (χ2v) is 13.4. The molecule has 0 unspecified atom stereocenters. The summed E-state index contributed by atoms with van der Waals surface area (Å²) in [7, 11) is 0. The van der Waals surface area contributed by atoms with Gasteiger partial charge >= 0.3 is 12.2 Å². The van der Waals surface area contributed by atoms with Gasteiger partial charge < -0.3 is 19.7 Å². The lowest BCUT2D eigenvalue weighted by atomic mass is 9.81. The van der Waals surface area contributed by atoms with E-state index in [-0.39, 0.29) is 51.1 Å². The number of carbonyl (C=O) groups is 2. The first kappa shape index (κ1) is 32.2. The average Bonchev–Trinajstić information content (AvgIpc) is 3.38. The number of anilines is 1. The van der Waals surface area contributed by atoms with Crippen LogP contribution in [0.5, 0.6) is 0 Å². The fourth-order valence-electron chi connectivity index (χ4n) is 4.88. The first-order valence-electron chi connectivity index (χ1n) is 13.8. The zero-order valence-electron chi connectivity index (χ0n) is 25.2. The standard InChI is InChI=1S/C30H30Cl2F2N6O5/c1-28(2,3)44-26(42)38-13-30(14-38,22-19(33)8-7-18(31)23(22)32)36-16-11-17-24(20(34)12-16)35-15-39(25(17)41)21-9-10-40(37-21)27(43)45-29(4,5)6/h7-12,15,36H,13-14H2,1-6H3. The van der Waals surface area contributed by atoms with Gasteiger partial charge in [-0.3, -0.25) is 4.79 Å². The Kier molecular flexibility index (Phi) is 8.07. The Bertz CT molecular complexity index is 1890. The molecule has 0 aliphatic carbocycles. The molecule has 1 saturated heterocycles. The number of halogens is 4. The maximum Gasteiger partial charge on any atom is 0.435 e. The van der Waals surface area contributed by atoms with Crippen molar-refractivity contribution < 1.29 is 27.8 Å². The van der Waals surface area contributed by atoms with Crippen LogP contribution in [0.3, 0.4) is 0 Å². The van der Waals surface area contributed by atoms with Crippen molar-refractivity contribution >= 4 is 52.0 Å². The first-order valence-corrected chi connectivity index (χ1v) is 14.5. The Morgan fingerprint density at radius 2 is 1.60 bits per heavy atom. The van der Waals surface area contributed by atoms with Crippen molar-refractivity contribution in [3.63, 3.8) is 0 Å². The molecule has 0 saturated carbocycles. The topological polar surface area (TPSA) is 121 Å². The lowest BCUT2D eigenvalue weighted by Gasteiger charge is -2.51. The van der Waals surface area contributed by atoms with Gasteiger partial charge in [-0.15, -0.1) is 5.10 Å². The van der Waals surface area contributed by atoms with Crippen LogP contribution in [-0.4, -0.2) is 60.7 Å². The van der Waals surface area contributed by atoms with Crippen LogP contribution >= 0.6 is 23.2 Å². The molecule has 0 atom stereocenters. The third kappa shape index (κ3) is 6.45. The van der Waals surface area contributed by atoms with Crippen LogP contribution in [0, 0.1) is 11.6 Å². The van der Waals surface area contributed by atoms with Crippen molar-refractivity contribution in [2.24, 2.45) is 0 Å². The van der Waals surface area contributed by atoms with Crippen molar-refractivity contribution in [3.8, 4) is 5.82 Å². The summed E-state index contributed by atoms with van der Waals surface area (Å²) in [5.41, 5.74) is -3.79. The highest BCUT2D eigenvalue weighted by Gasteiger charge is 2.51. The van der Waals surface area contributed by atoms with Crippen LogP contribution in [0.1, 0.15) is 47.1 Å². The van der Waals surface area contributed by atoms with Crippen LogP contribution in [0.2, 0.25) is 10.0 Å². The SMILES string of the molecule is CC(C)(C)OC(=O)N1CC(Nc2cc(F)c3ncn(-c4ccn(C(=O)OC(C)(C)C)n4)c(=O)c3c2)(c2c(F)ccc(Cl)c2Cl)C1. The molecular weight excluding hydrogens is 633 g/mol. The molecule has 0 bridgehead atoms. The summed E-state index contributed by atoms with van der Waals surface area (Å²) in [4.78, 5) is 44.2. The van der Waals surface area contributed by atoms with Crippen LogP contribution in [0.25, 0.3) is 16.7 Å². The molecule has 1 amide bonds. The van der Waals surface area contributed by atoms with E-state index in [2.05, 4.69) is 15.4 Å². The number of aromatic nitrogens is 4. The minimum Gasteiger partial charge on any atom is -0.444 e. The molecule has 1 N–H and O–H groups in total. The highest BCUT2D eigenvalue weighted by atomic mass is 35.5. The van der Waals surface area contributed by atoms with E-state index in [0.717, 1.165) is 27.7 Å². The largest absolute Gasteiger partial charge is 0.444 e. The molecule has 5 rings (SSSR count). The lowest BCUT2D eigenvalue weighted by Crippen LogP contribution is -2.66. The van der Waals surface area contributed by atoms with Gasteiger partial charge in [-0.25, -0.2) is 27.9 Å². The normalized spacial score (nSPS) is 14.7. The van der Waals surface area contributed by atoms with E-state index in [4.69, 9.17) is 32.7 Å². The third-order valence-corrected chi connectivity index (χ3v) is 7.50. The Labute approximate surface area is 266 Å². The maximum atomic E-state index is 15.4. The number of hydrogen-bond acceptors (Lipinski definition) is 8. The van der Waals surface area contributed by atoms with Gasteiger partial charge in [0.05, 0.1) is 28.5 Å². The number of ether oxygens (including phenoxy) is 2. The monoisotopic (exact) mass is 662 g/mol. The average molecular weight is 664 g/mol. The Hall–Kier alpha value is -4.23. The van der Waals surface area contributed by atoms with Crippen molar-refractivity contribution in [2.45, 2.75) is 58.3 Å². The maximum absolute atomic E-state index is 15.4. The van der Waals surface area contributed by atoms with E-state index >= 15 is 8.78 Å². The molecule has 1 aliphatic heterocycles. The van der Waals surface area contributed by atoms with Gasteiger partial charge in [0.15, 0.2) is 11.6 Å². The van der Waals surface area contributed by atoms with Gasteiger partial charge in [-0.05, 0) is 65.8 Å². The molecule has 1 aliphatic rings. The highest BCUT2D eigenvalue weighted by Crippen LogP contribution is 2.43. The summed E-state index contributed by atoms with van der Waals surface area (Å²) in [6, 6.07) is 6.29. The number of fused-ring (bicyclic) bond motifs is 1. The molecule has 11 nitrogen and oxygen atoms in total. The summed E-state index contributed by atoms with van der Waals surface area (Å²) in [5, 5.41) is 7.07. The molecule has 2 aromatic carbocycles. The predicted molar refractivity (Wildman–Crippen MR) is 164 cm³/mol. The van der Waals surface area contributed by atoms with E-state index in [1.807, 2.05) is 0 Å². The Morgan fingerprint density at radius 3 is 2.24 bits per heavy atom. The lowest BCUT2D eigenvalue weighted by molar-refractivity contribution is -0.00537. The van der Waals surface area contributed by atoms with Gasteiger partial charge in [-0.2, -0.15) is 4.68 Å². The quantitative estimate of drug-likeness (QED) is 0.246. The zero-order valence-corrected chi connectivity index (χ0v) is 26.8. The van der Waals surface area contributed by atoms with Crippen molar-refractivity contribution in [1.29, 1.82) is 0 Å². The first-order chi connectivity index (χ1) is 20.9. The molecule has 2 aromatic heterocycles. The van der Waals surface area contributed by atoms with Gasteiger partial charge in [-0.1, -0.05) is 23.2 Å². The van der Waals surface area contributed by atoms with E-state index in [1.165, 1.54) is 29.3 Å². The molecule has 15 heteroatoms. The number of rotatable bonds is 4. The summed E-state index contributed by atoms with van der Waals surface area (Å²) in [5.74, 6) is -1.50. The molecule has 238 valence electrons. The summed E-state index contributed by atoms with van der Waals surface area (Å²) < 4.78 is 43.5. The molecule has 0 radical (unpaired) electrons. The molecule has 3 heterocycles. The molecule has 1 fully saturated rings. The number of hydrogen-bond donors (Lipinski definition) is 1. The minimum atomic E-state index is -1.36. The number of carbonyl (C=O) groups excluding carboxylic acids is 2. The second-order valence-electron chi connectivity index (χ2n) is 12.6. The van der Waals surface area contributed by atoms with E-state index in [0.29, 0.717) is 0 Å². The number of likely N-dealkylation sites (tertiary alicyclic amines) is 1. The highest BCUT2D eigenvalue weighted by molar-refractivity contribution is 6.42. The number of nitrogens with zero attached hydrogens (tertiary/aromatic N) is 5. The van der Waals surface area contributed by atoms with E-state index in [9.17, 15) is 14.4 Å². The molecule has 4 aromatic rings. The summed E-state index contributed by atoms with van der Waals surface area (Å²) in [6.07, 6.45) is 1.02. The number of amides is 1. The minimum absolute atomic E-state index is 0.0340. The van der Waals surface area contributed by atoms with Crippen molar-refractivity contribution in [3.05, 3.63) is 80.5 Å². The van der Waals surface area contributed by atoms with Crippen LogP contribution < -0.4 is 10.9 Å². The van der Waals surface area contributed by atoms with E-state index < -0.39 is 46.1 Å². The van der Waals surface area contributed by atoms with Gasteiger partial charge in [0, 0.05) is 23.5 Å². The third-order valence-electron chi connectivity index (χ3n) is 6.70. The van der Waals surface area contributed by atoms with E-state index in [1.54, 1.807) is 41.5 Å². The van der Waals surface area contributed by atoms with Crippen molar-refractivity contribution in [2.75, 3.05) is 18.4 Å². The molecule has 0 spiro atoms. The number of nitrogens with one attached hydrogen (secondary N) is 1. The van der Waals surface area contributed by atoms with Crippen LogP contribution in [0.4, 0.5) is 24.1 Å². The van der Waals surface area contributed by atoms with Crippen molar-refractivity contribution in [1.82, 2.24) is 24.2 Å². The summed E-state index contributed by atoms with van der Waals surface area (Å²) >= 11 is 12.7. The Morgan fingerprint density at radius 1 is 0.956 bits per heavy atom. The van der Waals surface area contributed by atoms with Gasteiger partial charge in [0.1, 0.15) is 34.4 Å². The fourth-order valence-corrected chi connectivity index (χ4v) is 5.37. The van der Waals surface area contributed by atoms with Gasteiger partial charge in [0.2, 0.25) is 0 Å². The molecule has 45 heavy (non-hydrogen) atoms. The van der Waals surface area contributed by atoms with Crippen LogP contribution in [0.15, 0.2) is 47.7 Å². The smallest absolute Gasteiger partial charge is 0.435 e. The Balaban J connectivity index is 1.54. The van der Waals surface area contributed by atoms with Gasteiger partial charge in [0.25, 0.3) is 5.56 Å². The summed E-state index contributed by atoms with van der Waals surface area (Å²) in [6.45, 7) is 10.0.